The highest BCUT2D eigenvalue weighted by Crippen LogP contribution is 2.27. The maximum absolute atomic E-state index is 12.0. The molecule has 0 spiro atoms. The molecule has 19 heavy (non-hydrogen) atoms. The van der Waals surface area contributed by atoms with E-state index in [0.29, 0.717) is 27.4 Å². The first-order chi connectivity index (χ1) is 8.99. The van der Waals surface area contributed by atoms with Crippen LogP contribution in [0.4, 0.5) is 10.5 Å². The van der Waals surface area contributed by atoms with Crippen molar-refractivity contribution in [1.29, 1.82) is 0 Å². The second-order valence-corrected chi connectivity index (χ2v) is 5.72. The van der Waals surface area contributed by atoms with Gasteiger partial charge in [0.2, 0.25) is 0 Å². The van der Waals surface area contributed by atoms with Crippen LogP contribution in [0.2, 0.25) is 10.0 Å². The van der Waals surface area contributed by atoms with Gasteiger partial charge in [-0.15, -0.1) is 11.8 Å². The molecular weight excluding hydrogens is 311 g/mol. The van der Waals surface area contributed by atoms with Crippen LogP contribution in [0.25, 0.3) is 0 Å². The molecule has 0 radical (unpaired) electrons. The molecule has 2 amide bonds. The molecule has 1 fully saturated rings. The van der Waals surface area contributed by atoms with Crippen molar-refractivity contribution in [3.8, 4) is 0 Å². The molecule has 1 atom stereocenters. The van der Waals surface area contributed by atoms with Gasteiger partial charge in [-0.2, -0.15) is 0 Å². The third kappa shape index (κ3) is 3.26. The Balaban J connectivity index is 2.12. The number of carbonyl (C=O) groups is 2. The van der Waals surface area contributed by atoms with Gasteiger partial charge in [0.1, 0.15) is 6.04 Å². The van der Waals surface area contributed by atoms with Gasteiger partial charge in [-0.1, -0.05) is 23.2 Å². The third-order valence-corrected chi connectivity index (χ3v) is 4.18. The Hall–Kier alpha value is -1.11. The van der Waals surface area contributed by atoms with Gasteiger partial charge in [-0.05, 0) is 18.2 Å². The molecule has 0 saturated carbocycles. The number of hydrogen-bond acceptors (Lipinski definition) is 3. The maximum atomic E-state index is 12.0. The summed E-state index contributed by atoms with van der Waals surface area (Å²) in [6.45, 7) is 0. The first-order valence-electron chi connectivity index (χ1n) is 5.32. The molecule has 2 N–H and O–H groups in total. The molecule has 1 heterocycles. The number of carboxylic acids is 1. The highest BCUT2D eigenvalue weighted by Gasteiger charge is 2.34. The topological polar surface area (TPSA) is 69.6 Å². The number of nitrogens with zero attached hydrogens (tertiary/aromatic N) is 1. The predicted octanol–water partition coefficient (Wildman–Crippen LogP) is 2.98. The van der Waals surface area contributed by atoms with Crippen LogP contribution in [-0.2, 0) is 4.79 Å². The van der Waals surface area contributed by atoms with Gasteiger partial charge in [0.05, 0.1) is 16.6 Å². The molecule has 1 aromatic carbocycles. The largest absolute Gasteiger partial charge is 0.480 e. The Kier molecular flexibility index (Phi) is 4.44. The van der Waals surface area contributed by atoms with Gasteiger partial charge in [-0.3, -0.25) is 0 Å². The van der Waals surface area contributed by atoms with Crippen molar-refractivity contribution < 1.29 is 14.7 Å². The fourth-order valence-electron chi connectivity index (χ4n) is 1.63. The van der Waals surface area contributed by atoms with Gasteiger partial charge in [-0.25, -0.2) is 9.59 Å². The number of anilines is 1. The highest BCUT2D eigenvalue weighted by molar-refractivity contribution is 7.99. The van der Waals surface area contributed by atoms with Gasteiger partial charge in [0.25, 0.3) is 0 Å². The van der Waals surface area contributed by atoms with Crippen molar-refractivity contribution in [2.75, 3.05) is 16.9 Å². The second-order valence-electron chi connectivity index (χ2n) is 3.88. The van der Waals surface area contributed by atoms with E-state index in [9.17, 15) is 9.59 Å². The first-order valence-corrected chi connectivity index (χ1v) is 7.23. The molecule has 2 rings (SSSR count). The van der Waals surface area contributed by atoms with Gasteiger partial charge in [0, 0.05) is 10.8 Å². The summed E-state index contributed by atoms with van der Waals surface area (Å²) < 4.78 is 0. The Morgan fingerprint density at radius 3 is 2.84 bits per heavy atom. The Bertz CT molecular complexity index is 527. The quantitative estimate of drug-likeness (QED) is 0.878. The average Bonchev–Trinajstić information content (AvgIpc) is 2.83. The lowest BCUT2D eigenvalue weighted by atomic mass is 10.3. The maximum Gasteiger partial charge on any atom is 0.327 e. The second kappa shape index (κ2) is 5.90. The van der Waals surface area contributed by atoms with Crippen LogP contribution in [-0.4, -0.2) is 39.7 Å². The van der Waals surface area contributed by atoms with Crippen LogP contribution >= 0.6 is 35.0 Å². The van der Waals surface area contributed by atoms with E-state index in [4.69, 9.17) is 28.3 Å². The summed E-state index contributed by atoms with van der Waals surface area (Å²) >= 11 is 13.1. The van der Waals surface area contributed by atoms with E-state index in [1.165, 1.54) is 22.7 Å². The normalized spacial score (nSPS) is 18.4. The molecule has 8 heteroatoms. The lowest BCUT2D eigenvalue weighted by molar-refractivity contribution is -0.140. The molecule has 5 nitrogen and oxygen atoms in total. The molecule has 1 aromatic rings. The molecule has 0 unspecified atom stereocenters. The summed E-state index contributed by atoms with van der Waals surface area (Å²) in [5, 5.41) is 12.4. The van der Waals surface area contributed by atoms with Crippen LogP contribution in [0.5, 0.6) is 0 Å². The minimum absolute atomic E-state index is 0.334. The summed E-state index contributed by atoms with van der Waals surface area (Å²) in [7, 11) is 0. The number of halogens is 2. The molecule has 1 saturated heterocycles. The van der Waals surface area contributed by atoms with Crippen LogP contribution in [0.15, 0.2) is 18.2 Å². The number of aliphatic carboxylic acids is 1. The van der Waals surface area contributed by atoms with Crippen molar-refractivity contribution in [3.63, 3.8) is 0 Å². The molecule has 102 valence electrons. The molecule has 0 aliphatic carbocycles. The number of urea groups is 1. The fourth-order valence-corrected chi connectivity index (χ4v) is 3.11. The summed E-state index contributed by atoms with van der Waals surface area (Å²) in [5.41, 5.74) is 0.361. The number of carboxylic acid groups (broad SMARTS) is 1. The fraction of sp³-hybridized carbons (Fsp3) is 0.273. The Morgan fingerprint density at radius 2 is 2.16 bits per heavy atom. The summed E-state index contributed by atoms with van der Waals surface area (Å²) in [5.74, 6) is -0.301. The smallest absolute Gasteiger partial charge is 0.327 e. The van der Waals surface area contributed by atoms with E-state index >= 15 is 0 Å². The zero-order valence-electron chi connectivity index (χ0n) is 9.60. The number of benzene rings is 1. The van der Waals surface area contributed by atoms with Crippen LogP contribution in [0, 0.1) is 0 Å². The first kappa shape index (κ1) is 14.3. The minimum Gasteiger partial charge on any atom is -0.480 e. The Labute approximate surface area is 123 Å². The van der Waals surface area contributed by atoms with E-state index in [-0.39, 0.29) is 0 Å². The summed E-state index contributed by atoms with van der Waals surface area (Å²) in [4.78, 5) is 24.3. The number of nitrogens with one attached hydrogen (secondary N) is 1. The van der Waals surface area contributed by atoms with E-state index in [0.717, 1.165) is 0 Å². The van der Waals surface area contributed by atoms with E-state index in [1.807, 2.05) is 0 Å². The Morgan fingerprint density at radius 1 is 1.42 bits per heavy atom. The minimum atomic E-state index is -1.02. The van der Waals surface area contributed by atoms with E-state index in [1.54, 1.807) is 12.1 Å². The molecule has 0 bridgehead atoms. The molecule has 1 aliphatic heterocycles. The number of thioether (sulfide) groups is 1. The number of hydrogen-bond donors (Lipinski definition) is 2. The van der Waals surface area contributed by atoms with Crippen LogP contribution in [0.1, 0.15) is 0 Å². The molecular formula is C11H10Cl2N2O3S. The van der Waals surface area contributed by atoms with Gasteiger partial charge >= 0.3 is 12.0 Å². The zero-order valence-corrected chi connectivity index (χ0v) is 11.9. The average molecular weight is 321 g/mol. The number of carbonyl (C=O) groups excluding carboxylic acids is 1. The van der Waals surface area contributed by atoms with Gasteiger partial charge in [0.15, 0.2) is 0 Å². The zero-order chi connectivity index (χ0) is 14.0. The van der Waals surface area contributed by atoms with Gasteiger partial charge < -0.3 is 15.3 Å². The molecule has 0 aromatic heterocycles. The standard InChI is InChI=1S/C11H10Cl2N2O3S/c12-6-1-2-7(13)8(3-6)14-11(18)15-5-19-4-9(15)10(16)17/h1-3,9H,4-5H2,(H,14,18)(H,16,17)/t9-/m0/s1. The van der Waals surface area contributed by atoms with E-state index < -0.39 is 18.0 Å². The SMILES string of the molecule is O=C(O)[C@@H]1CSCN1C(=O)Nc1cc(Cl)ccc1Cl. The van der Waals surface area contributed by atoms with Crippen molar-refractivity contribution in [2.24, 2.45) is 0 Å². The highest BCUT2D eigenvalue weighted by atomic mass is 35.5. The number of amides is 2. The van der Waals surface area contributed by atoms with Crippen molar-refractivity contribution in [1.82, 2.24) is 4.90 Å². The molecule has 1 aliphatic rings. The van der Waals surface area contributed by atoms with Crippen molar-refractivity contribution in [2.45, 2.75) is 6.04 Å². The third-order valence-electron chi connectivity index (χ3n) is 2.60. The van der Waals surface area contributed by atoms with Crippen molar-refractivity contribution >= 4 is 52.7 Å². The lowest BCUT2D eigenvalue weighted by Crippen LogP contribution is -2.44. The summed E-state index contributed by atoms with van der Waals surface area (Å²) in [6.07, 6.45) is 0. The number of rotatable bonds is 2. The van der Waals surface area contributed by atoms with Crippen LogP contribution in [0.3, 0.4) is 0 Å². The van der Waals surface area contributed by atoms with E-state index in [2.05, 4.69) is 5.32 Å². The predicted molar refractivity (Wildman–Crippen MR) is 76.1 cm³/mol. The lowest BCUT2D eigenvalue weighted by Gasteiger charge is -2.21. The summed E-state index contributed by atoms with van der Waals surface area (Å²) in [6, 6.07) is 3.36. The monoisotopic (exact) mass is 320 g/mol. The van der Waals surface area contributed by atoms with Crippen molar-refractivity contribution in [3.05, 3.63) is 28.2 Å². The van der Waals surface area contributed by atoms with Crippen LogP contribution < -0.4 is 5.32 Å².